The fraction of sp³-hybridized carbons (Fsp3) is 0.333. The lowest BCUT2D eigenvalue weighted by atomic mass is 10.1. The molecule has 7 nitrogen and oxygen atoms in total. The molecule has 30 heavy (non-hydrogen) atoms. The van der Waals surface area contributed by atoms with Crippen LogP contribution in [0.25, 0.3) is 0 Å². The van der Waals surface area contributed by atoms with Gasteiger partial charge < -0.3 is 10.1 Å². The number of nitrogens with zero attached hydrogens (tertiary/aromatic N) is 1. The van der Waals surface area contributed by atoms with Gasteiger partial charge in [-0.2, -0.15) is 4.31 Å². The summed E-state index contributed by atoms with van der Waals surface area (Å²) in [6.07, 6.45) is 2.64. The Kier molecular flexibility index (Phi) is 6.80. The lowest BCUT2D eigenvalue weighted by molar-refractivity contribution is 0.0600. The molecule has 1 aliphatic rings. The third-order valence-electron chi connectivity index (χ3n) is 5.04. The average Bonchev–Trinajstić information content (AvgIpc) is 2.75. The van der Waals surface area contributed by atoms with Gasteiger partial charge in [-0.05, 0) is 55.7 Å². The molecule has 1 heterocycles. The number of nitrogens with one attached hydrogen (secondary N) is 1. The standard InChI is InChI=1S/C21H23ClN2O5S/c1-14-6-7-15(21(26)29-2)12-19(14)23-20(25)17-13-16(8-9-18(17)22)30(27,28)24-10-4-3-5-11-24/h6-9,12-13H,3-5,10-11H2,1-2H3,(H,23,25). The Morgan fingerprint density at radius 1 is 1.07 bits per heavy atom. The van der Waals surface area contributed by atoms with E-state index < -0.39 is 21.9 Å². The lowest BCUT2D eigenvalue weighted by Gasteiger charge is -2.26. The first-order valence-corrected chi connectivity index (χ1v) is 11.4. The van der Waals surface area contributed by atoms with Crippen LogP contribution in [0.15, 0.2) is 41.3 Å². The predicted molar refractivity (Wildman–Crippen MR) is 115 cm³/mol. The van der Waals surface area contributed by atoms with Crippen molar-refractivity contribution in [3.8, 4) is 0 Å². The second kappa shape index (κ2) is 9.16. The molecule has 2 aromatic carbocycles. The molecule has 1 saturated heterocycles. The highest BCUT2D eigenvalue weighted by molar-refractivity contribution is 7.89. The molecule has 9 heteroatoms. The quantitative estimate of drug-likeness (QED) is 0.698. The van der Waals surface area contributed by atoms with Gasteiger partial charge in [-0.3, -0.25) is 4.79 Å². The molecular formula is C21H23ClN2O5S. The van der Waals surface area contributed by atoms with E-state index in [-0.39, 0.29) is 21.0 Å². The minimum absolute atomic E-state index is 0.0268. The molecule has 1 amide bonds. The fourth-order valence-electron chi connectivity index (χ4n) is 3.28. The van der Waals surface area contributed by atoms with E-state index in [4.69, 9.17) is 16.3 Å². The van der Waals surface area contributed by atoms with Gasteiger partial charge in [-0.15, -0.1) is 0 Å². The summed E-state index contributed by atoms with van der Waals surface area (Å²) in [5, 5.41) is 2.84. The summed E-state index contributed by atoms with van der Waals surface area (Å²) in [5.41, 5.74) is 1.45. The predicted octanol–water partition coefficient (Wildman–Crippen LogP) is 3.86. The number of aryl methyl sites for hydroxylation is 1. The van der Waals surface area contributed by atoms with Crippen LogP contribution in [0.1, 0.15) is 45.5 Å². The van der Waals surface area contributed by atoms with E-state index in [1.807, 2.05) is 0 Å². The van der Waals surface area contributed by atoms with Crippen LogP contribution >= 0.6 is 11.6 Å². The minimum atomic E-state index is -3.70. The molecule has 2 aromatic rings. The third kappa shape index (κ3) is 4.66. The van der Waals surface area contributed by atoms with Gasteiger partial charge in [0.05, 0.1) is 28.2 Å². The van der Waals surface area contributed by atoms with E-state index in [1.165, 1.54) is 35.7 Å². The number of carbonyl (C=O) groups is 2. The van der Waals surface area contributed by atoms with Crippen LogP contribution in [0.2, 0.25) is 5.02 Å². The molecule has 0 aromatic heterocycles. The lowest BCUT2D eigenvalue weighted by Crippen LogP contribution is -2.35. The van der Waals surface area contributed by atoms with Crippen LogP contribution in [0.4, 0.5) is 5.69 Å². The van der Waals surface area contributed by atoms with Crippen molar-refractivity contribution in [3.05, 3.63) is 58.1 Å². The van der Waals surface area contributed by atoms with E-state index in [0.717, 1.165) is 24.8 Å². The molecule has 1 fully saturated rings. The van der Waals surface area contributed by atoms with Crippen LogP contribution < -0.4 is 5.32 Å². The zero-order valence-electron chi connectivity index (χ0n) is 16.8. The molecule has 0 atom stereocenters. The van der Waals surface area contributed by atoms with E-state index in [2.05, 4.69) is 5.32 Å². The smallest absolute Gasteiger partial charge is 0.337 e. The van der Waals surface area contributed by atoms with Gasteiger partial charge in [0.2, 0.25) is 10.0 Å². The fourth-order valence-corrected chi connectivity index (χ4v) is 5.03. The van der Waals surface area contributed by atoms with Crippen LogP contribution in [-0.2, 0) is 14.8 Å². The van der Waals surface area contributed by atoms with Gasteiger partial charge in [0.1, 0.15) is 0 Å². The largest absolute Gasteiger partial charge is 0.465 e. The monoisotopic (exact) mass is 450 g/mol. The van der Waals surface area contributed by atoms with Crippen molar-refractivity contribution in [3.63, 3.8) is 0 Å². The maximum Gasteiger partial charge on any atom is 0.337 e. The van der Waals surface area contributed by atoms with E-state index >= 15 is 0 Å². The number of rotatable bonds is 5. The van der Waals surface area contributed by atoms with E-state index in [9.17, 15) is 18.0 Å². The third-order valence-corrected chi connectivity index (χ3v) is 7.27. The van der Waals surface area contributed by atoms with Gasteiger partial charge >= 0.3 is 5.97 Å². The maximum atomic E-state index is 12.9. The Hall–Kier alpha value is -2.42. The summed E-state index contributed by atoms with van der Waals surface area (Å²) in [5.74, 6) is -1.10. The van der Waals surface area contributed by atoms with Crippen molar-refractivity contribution in [2.45, 2.75) is 31.1 Å². The van der Waals surface area contributed by atoms with Crippen LogP contribution in [0.5, 0.6) is 0 Å². The average molecular weight is 451 g/mol. The van der Waals surface area contributed by atoms with Crippen LogP contribution in [0, 0.1) is 6.92 Å². The topological polar surface area (TPSA) is 92.8 Å². The number of halogens is 1. The molecule has 0 bridgehead atoms. The number of ether oxygens (including phenoxy) is 1. The maximum absolute atomic E-state index is 12.9. The highest BCUT2D eigenvalue weighted by atomic mass is 35.5. The van der Waals surface area contributed by atoms with Crippen molar-refractivity contribution in [2.75, 3.05) is 25.5 Å². The molecule has 0 radical (unpaired) electrons. The number of methoxy groups -OCH3 is 1. The van der Waals surface area contributed by atoms with E-state index in [0.29, 0.717) is 18.8 Å². The summed E-state index contributed by atoms with van der Waals surface area (Å²) in [4.78, 5) is 24.7. The second-order valence-electron chi connectivity index (χ2n) is 7.08. The molecule has 0 saturated carbocycles. The SMILES string of the molecule is COC(=O)c1ccc(C)c(NC(=O)c2cc(S(=O)(=O)N3CCCCC3)ccc2Cl)c1. The number of hydrogen-bond donors (Lipinski definition) is 1. The van der Waals surface area contributed by atoms with Crippen molar-refractivity contribution < 1.29 is 22.7 Å². The number of sulfonamides is 1. The van der Waals surface area contributed by atoms with Crippen molar-refractivity contribution in [1.29, 1.82) is 0 Å². The van der Waals surface area contributed by atoms with Crippen molar-refractivity contribution in [1.82, 2.24) is 4.31 Å². The number of piperidine rings is 1. The number of hydrogen-bond acceptors (Lipinski definition) is 5. The number of carbonyl (C=O) groups excluding carboxylic acids is 2. The molecule has 0 spiro atoms. The van der Waals surface area contributed by atoms with Gasteiger partial charge in [-0.1, -0.05) is 24.1 Å². The van der Waals surface area contributed by atoms with Crippen LogP contribution in [0.3, 0.4) is 0 Å². The summed E-state index contributed by atoms with van der Waals surface area (Å²) in [7, 11) is -2.43. The second-order valence-corrected chi connectivity index (χ2v) is 9.43. The van der Waals surface area contributed by atoms with Crippen molar-refractivity contribution >= 4 is 39.2 Å². The minimum Gasteiger partial charge on any atom is -0.465 e. The van der Waals surface area contributed by atoms with Crippen LogP contribution in [-0.4, -0.2) is 44.8 Å². The van der Waals surface area contributed by atoms with Gasteiger partial charge in [0.25, 0.3) is 5.91 Å². The molecule has 3 rings (SSSR count). The molecule has 1 aliphatic heterocycles. The highest BCUT2D eigenvalue weighted by Gasteiger charge is 2.27. The number of benzene rings is 2. The Bertz CT molecular complexity index is 1080. The van der Waals surface area contributed by atoms with Gasteiger partial charge in [-0.25, -0.2) is 13.2 Å². The molecule has 160 valence electrons. The zero-order chi connectivity index (χ0) is 21.9. The van der Waals surface area contributed by atoms with Gasteiger partial charge in [0.15, 0.2) is 0 Å². The first-order valence-electron chi connectivity index (χ1n) is 9.54. The summed E-state index contributed by atoms with van der Waals surface area (Å²) >= 11 is 6.19. The summed E-state index contributed by atoms with van der Waals surface area (Å²) in [6.45, 7) is 2.70. The molecule has 1 N–H and O–H groups in total. The molecule has 0 unspecified atom stereocenters. The Morgan fingerprint density at radius 2 is 1.77 bits per heavy atom. The molecule has 0 aliphatic carbocycles. The summed E-state index contributed by atoms with van der Waals surface area (Å²) in [6, 6.07) is 8.88. The summed E-state index contributed by atoms with van der Waals surface area (Å²) < 4.78 is 32.0. The highest BCUT2D eigenvalue weighted by Crippen LogP contribution is 2.26. The van der Waals surface area contributed by atoms with E-state index in [1.54, 1.807) is 19.1 Å². The first-order chi connectivity index (χ1) is 14.2. The van der Waals surface area contributed by atoms with Crippen molar-refractivity contribution in [2.24, 2.45) is 0 Å². The Morgan fingerprint density at radius 3 is 2.43 bits per heavy atom. The Labute approximate surface area is 181 Å². The van der Waals surface area contributed by atoms with Gasteiger partial charge in [0, 0.05) is 18.8 Å². The first kappa shape index (κ1) is 22.3. The number of esters is 1. The Balaban J connectivity index is 1.90. The number of amides is 1. The normalized spacial score (nSPS) is 14.9. The molecular weight excluding hydrogens is 428 g/mol. The zero-order valence-corrected chi connectivity index (χ0v) is 18.3. The number of anilines is 1.